The average molecular weight is 381 g/mol. The highest BCUT2D eigenvalue weighted by molar-refractivity contribution is 5.86. The molecule has 0 aromatic carbocycles. The van der Waals surface area contributed by atoms with Gasteiger partial charge in [0.15, 0.2) is 5.96 Å². The monoisotopic (exact) mass is 380 g/mol. The Balaban J connectivity index is 2.82. The molecule has 2 N–H and O–H groups in total. The van der Waals surface area contributed by atoms with E-state index in [9.17, 15) is 4.79 Å². The Morgan fingerprint density at radius 1 is 1.22 bits per heavy atom. The zero-order chi connectivity index (χ0) is 20.2. The van der Waals surface area contributed by atoms with Crippen molar-refractivity contribution in [3.63, 3.8) is 0 Å². The van der Waals surface area contributed by atoms with Crippen LogP contribution in [0, 0.1) is 0 Å². The van der Waals surface area contributed by atoms with E-state index >= 15 is 0 Å². The Hall–Kier alpha value is -2.09. The minimum absolute atomic E-state index is 0.00342. The summed E-state index contributed by atoms with van der Waals surface area (Å²) in [6, 6.07) is 0. The maximum atomic E-state index is 11.9. The molecule has 8 heteroatoms. The van der Waals surface area contributed by atoms with Gasteiger partial charge in [0.1, 0.15) is 0 Å². The van der Waals surface area contributed by atoms with E-state index < -0.39 is 0 Å². The van der Waals surface area contributed by atoms with Crippen molar-refractivity contribution in [2.45, 2.75) is 46.6 Å². The molecule has 154 valence electrons. The largest absolute Gasteiger partial charge is 0.382 e. The average Bonchev–Trinajstić information content (AvgIpc) is 2.97. The third kappa shape index (κ3) is 7.58. The van der Waals surface area contributed by atoms with Gasteiger partial charge in [-0.25, -0.2) is 4.99 Å². The molecular weight excluding hydrogens is 344 g/mol. The molecule has 0 fully saturated rings. The zero-order valence-corrected chi connectivity index (χ0v) is 17.8. The lowest BCUT2D eigenvalue weighted by atomic mass is 10.1. The molecule has 27 heavy (non-hydrogen) atoms. The van der Waals surface area contributed by atoms with Crippen molar-refractivity contribution in [1.29, 1.82) is 0 Å². The van der Waals surface area contributed by atoms with Gasteiger partial charge in [0, 0.05) is 52.2 Å². The van der Waals surface area contributed by atoms with Crippen LogP contribution in [-0.2, 0) is 36.0 Å². The quantitative estimate of drug-likeness (QED) is 0.341. The van der Waals surface area contributed by atoms with Crippen molar-refractivity contribution >= 4 is 11.9 Å². The Kier molecular flexibility index (Phi) is 10.5. The van der Waals surface area contributed by atoms with Gasteiger partial charge < -0.3 is 20.3 Å². The molecule has 0 radical (unpaired) electrons. The van der Waals surface area contributed by atoms with Crippen LogP contribution in [0.1, 0.15) is 44.1 Å². The summed E-state index contributed by atoms with van der Waals surface area (Å²) in [5, 5.41) is 11.0. The van der Waals surface area contributed by atoms with Gasteiger partial charge in [0.2, 0.25) is 5.91 Å². The van der Waals surface area contributed by atoms with Crippen molar-refractivity contribution < 1.29 is 9.53 Å². The molecule has 0 saturated heterocycles. The standard InChI is InChI=1S/C19H36N6O2/c1-7-16-15(17(8-2)25(6)23-16)13-21-19(20-11-10-12-27-9-3)22-14-18(26)24(4)5/h7-14H2,1-6H3,(H2,20,21,22). The first-order valence-electron chi connectivity index (χ1n) is 9.78. The van der Waals surface area contributed by atoms with Crippen LogP contribution in [0.4, 0.5) is 0 Å². The van der Waals surface area contributed by atoms with Crippen LogP contribution in [0.5, 0.6) is 0 Å². The predicted molar refractivity (Wildman–Crippen MR) is 109 cm³/mol. The lowest BCUT2D eigenvalue weighted by molar-refractivity contribution is -0.127. The van der Waals surface area contributed by atoms with Crippen molar-refractivity contribution in [2.24, 2.45) is 12.0 Å². The highest BCUT2D eigenvalue weighted by Gasteiger charge is 2.13. The van der Waals surface area contributed by atoms with Crippen molar-refractivity contribution in [3.05, 3.63) is 17.0 Å². The van der Waals surface area contributed by atoms with Crippen molar-refractivity contribution in [1.82, 2.24) is 25.3 Å². The van der Waals surface area contributed by atoms with E-state index in [4.69, 9.17) is 9.73 Å². The van der Waals surface area contributed by atoms with Crippen LogP contribution in [-0.4, -0.2) is 66.9 Å². The number of aromatic nitrogens is 2. The summed E-state index contributed by atoms with van der Waals surface area (Å²) in [4.78, 5) is 18.2. The maximum Gasteiger partial charge on any atom is 0.241 e. The van der Waals surface area contributed by atoms with Crippen LogP contribution in [0.25, 0.3) is 0 Å². The third-order valence-corrected chi connectivity index (χ3v) is 4.29. The molecule has 0 aliphatic carbocycles. The van der Waals surface area contributed by atoms with Gasteiger partial charge >= 0.3 is 0 Å². The molecule has 0 atom stereocenters. The fourth-order valence-electron chi connectivity index (χ4n) is 2.75. The zero-order valence-electron chi connectivity index (χ0n) is 17.8. The molecule has 0 aliphatic rings. The summed E-state index contributed by atoms with van der Waals surface area (Å²) in [6.07, 6.45) is 2.67. The predicted octanol–water partition coefficient (Wildman–Crippen LogP) is 1.09. The van der Waals surface area contributed by atoms with Gasteiger partial charge in [0.25, 0.3) is 0 Å². The van der Waals surface area contributed by atoms with Gasteiger partial charge in [-0.15, -0.1) is 0 Å². The number of amides is 1. The van der Waals surface area contributed by atoms with E-state index in [0.29, 0.717) is 19.1 Å². The van der Waals surface area contributed by atoms with Crippen molar-refractivity contribution in [3.8, 4) is 0 Å². The minimum atomic E-state index is 0.00342. The van der Waals surface area contributed by atoms with Crippen molar-refractivity contribution in [2.75, 3.05) is 40.4 Å². The summed E-state index contributed by atoms with van der Waals surface area (Å²) in [6.45, 7) is 9.12. The number of aliphatic imine (C=N–C) groups is 1. The number of hydrogen-bond acceptors (Lipinski definition) is 4. The van der Waals surface area contributed by atoms with Gasteiger partial charge in [-0.1, -0.05) is 13.8 Å². The fraction of sp³-hybridized carbons (Fsp3) is 0.737. The minimum Gasteiger partial charge on any atom is -0.382 e. The lowest BCUT2D eigenvalue weighted by Gasteiger charge is -2.15. The number of hydrogen-bond donors (Lipinski definition) is 2. The molecule has 8 nitrogen and oxygen atoms in total. The van der Waals surface area contributed by atoms with Gasteiger partial charge in [-0.2, -0.15) is 5.10 Å². The number of rotatable bonds is 11. The van der Waals surface area contributed by atoms with Gasteiger partial charge in [0.05, 0.1) is 18.8 Å². The number of nitrogens with one attached hydrogen (secondary N) is 2. The van der Waals surface area contributed by atoms with Crippen LogP contribution >= 0.6 is 0 Å². The molecule has 1 rings (SSSR count). The number of likely N-dealkylation sites (N-methyl/N-ethyl adjacent to an activating group) is 1. The van der Waals surface area contributed by atoms with Crippen LogP contribution in [0.15, 0.2) is 4.99 Å². The van der Waals surface area contributed by atoms with E-state index in [-0.39, 0.29) is 12.5 Å². The number of carbonyl (C=O) groups excluding carboxylic acids is 1. The molecule has 1 amide bonds. The Labute approximate surface area is 163 Å². The number of ether oxygens (including phenoxy) is 1. The highest BCUT2D eigenvalue weighted by atomic mass is 16.5. The molecule has 1 aromatic heterocycles. The number of carbonyl (C=O) groups is 1. The Bertz CT molecular complexity index is 610. The molecule has 0 unspecified atom stereocenters. The van der Waals surface area contributed by atoms with Gasteiger partial charge in [-0.05, 0) is 26.2 Å². The second-order valence-electron chi connectivity index (χ2n) is 6.49. The lowest BCUT2D eigenvalue weighted by Crippen LogP contribution is -2.43. The molecule has 1 heterocycles. The molecule has 0 spiro atoms. The molecule has 0 bridgehead atoms. The van der Waals surface area contributed by atoms with E-state index in [1.54, 1.807) is 19.0 Å². The van der Waals surface area contributed by atoms with Crippen LogP contribution in [0.2, 0.25) is 0 Å². The molecule has 1 aromatic rings. The van der Waals surface area contributed by atoms with Crippen LogP contribution in [0.3, 0.4) is 0 Å². The normalized spacial score (nSPS) is 11.6. The summed E-state index contributed by atoms with van der Waals surface area (Å²) in [5.41, 5.74) is 3.46. The Morgan fingerprint density at radius 2 is 1.96 bits per heavy atom. The fourth-order valence-corrected chi connectivity index (χ4v) is 2.75. The first-order valence-corrected chi connectivity index (χ1v) is 9.78. The molecular formula is C19H36N6O2. The summed E-state index contributed by atoms with van der Waals surface area (Å²) < 4.78 is 7.31. The first kappa shape index (κ1) is 23.0. The van der Waals surface area contributed by atoms with E-state index in [2.05, 4.69) is 29.6 Å². The summed E-state index contributed by atoms with van der Waals surface area (Å²) in [7, 11) is 5.46. The first-order chi connectivity index (χ1) is 12.9. The Morgan fingerprint density at radius 3 is 2.56 bits per heavy atom. The number of nitrogens with zero attached hydrogens (tertiary/aromatic N) is 4. The number of aryl methyl sites for hydroxylation is 2. The third-order valence-electron chi connectivity index (χ3n) is 4.29. The summed E-state index contributed by atoms with van der Waals surface area (Å²) in [5.74, 6) is 0.637. The molecule has 0 saturated carbocycles. The van der Waals surface area contributed by atoms with E-state index in [1.807, 2.05) is 18.7 Å². The summed E-state index contributed by atoms with van der Waals surface area (Å²) >= 11 is 0. The van der Waals surface area contributed by atoms with Crippen LogP contribution < -0.4 is 10.6 Å². The highest BCUT2D eigenvalue weighted by Crippen LogP contribution is 2.16. The second-order valence-corrected chi connectivity index (χ2v) is 6.49. The topological polar surface area (TPSA) is 83.8 Å². The number of guanidine groups is 1. The SMILES string of the molecule is CCOCCCNC(=NCc1c(CC)nn(C)c1CC)NCC(=O)N(C)C. The van der Waals surface area contributed by atoms with E-state index in [1.165, 1.54) is 11.3 Å². The van der Waals surface area contributed by atoms with Gasteiger partial charge in [-0.3, -0.25) is 9.48 Å². The van der Waals surface area contributed by atoms with E-state index in [0.717, 1.165) is 38.1 Å². The maximum absolute atomic E-state index is 11.9. The second kappa shape index (κ2) is 12.3. The molecule has 0 aliphatic heterocycles. The smallest absolute Gasteiger partial charge is 0.241 e.